The molecule has 0 aliphatic rings. The highest BCUT2D eigenvalue weighted by Gasteiger charge is 2.14. The van der Waals surface area contributed by atoms with E-state index in [1.165, 1.54) is 0 Å². The van der Waals surface area contributed by atoms with Gasteiger partial charge in [-0.1, -0.05) is 13.8 Å². The minimum atomic E-state index is -0.177. The largest absolute Gasteiger partial charge is 0.374 e. The summed E-state index contributed by atoms with van der Waals surface area (Å²) in [6, 6.07) is 3.31. The van der Waals surface area contributed by atoms with E-state index in [0.717, 1.165) is 24.2 Å². The van der Waals surface area contributed by atoms with E-state index >= 15 is 0 Å². The third kappa shape index (κ3) is 3.70. The summed E-state index contributed by atoms with van der Waals surface area (Å²) in [5, 5.41) is 0. The lowest BCUT2D eigenvalue weighted by molar-refractivity contribution is 0.582. The number of benzene rings is 1. The lowest BCUT2D eigenvalue weighted by Crippen LogP contribution is -2.23. The molecule has 1 aromatic rings. The number of nitrogens with two attached hydrogens (primary N) is 1. The van der Waals surface area contributed by atoms with Crippen LogP contribution in [0.2, 0.25) is 0 Å². The highest BCUT2D eigenvalue weighted by molar-refractivity contribution is 5.56. The molecule has 0 aliphatic carbocycles. The summed E-state index contributed by atoms with van der Waals surface area (Å²) in [4.78, 5) is 2.17. The molecule has 18 heavy (non-hydrogen) atoms. The molecule has 0 saturated heterocycles. The van der Waals surface area contributed by atoms with Gasteiger partial charge in [0.05, 0.1) is 0 Å². The second-order valence-electron chi connectivity index (χ2n) is 5.55. The molecule has 0 fully saturated rings. The summed E-state index contributed by atoms with van der Waals surface area (Å²) in [5.41, 5.74) is 8.53. The summed E-state index contributed by atoms with van der Waals surface area (Å²) in [7, 11) is 2.04. The van der Waals surface area contributed by atoms with Crippen LogP contribution in [-0.4, -0.2) is 13.6 Å². The van der Waals surface area contributed by atoms with Crippen LogP contribution in [0.25, 0.3) is 0 Å². The third-order valence-electron chi connectivity index (χ3n) is 3.25. The van der Waals surface area contributed by atoms with Crippen molar-refractivity contribution in [2.75, 3.05) is 18.5 Å². The van der Waals surface area contributed by atoms with Gasteiger partial charge in [-0.15, -0.1) is 0 Å². The Morgan fingerprint density at radius 3 is 2.39 bits per heavy atom. The SMILES string of the molecule is Cc1cc(N(C)CCC(C)C)c([C@H](C)N)cc1F. The highest BCUT2D eigenvalue weighted by atomic mass is 19.1. The quantitative estimate of drug-likeness (QED) is 0.867. The molecule has 0 radical (unpaired) electrons. The highest BCUT2D eigenvalue weighted by Crippen LogP contribution is 2.28. The van der Waals surface area contributed by atoms with E-state index < -0.39 is 0 Å². The Morgan fingerprint density at radius 2 is 1.89 bits per heavy atom. The maximum absolute atomic E-state index is 13.6. The van der Waals surface area contributed by atoms with Crippen LogP contribution in [0, 0.1) is 18.7 Å². The van der Waals surface area contributed by atoms with Gasteiger partial charge in [0, 0.05) is 25.3 Å². The molecule has 0 bridgehead atoms. The van der Waals surface area contributed by atoms with Crippen molar-refractivity contribution in [1.82, 2.24) is 0 Å². The van der Waals surface area contributed by atoms with Crippen molar-refractivity contribution in [2.24, 2.45) is 11.7 Å². The lowest BCUT2D eigenvalue weighted by Gasteiger charge is -2.25. The van der Waals surface area contributed by atoms with Crippen molar-refractivity contribution < 1.29 is 4.39 Å². The molecule has 3 heteroatoms. The van der Waals surface area contributed by atoms with E-state index in [4.69, 9.17) is 5.73 Å². The smallest absolute Gasteiger partial charge is 0.126 e. The Kier molecular flexibility index (Phi) is 5.15. The molecule has 0 amide bonds. The molecular formula is C15H25FN2. The molecule has 0 aliphatic heterocycles. The Labute approximate surface area is 110 Å². The Balaban J connectivity index is 3.02. The van der Waals surface area contributed by atoms with Crippen LogP contribution < -0.4 is 10.6 Å². The number of hydrogen-bond acceptors (Lipinski definition) is 2. The van der Waals surface area contributed by atoms with Crippen LogP contribution in [0.3, 0.4) is 0 Å². The average molecular weight is 252 g/mol. The van der Waals surface area contributed by atoms with Gasteiger partial charge < -0.3 is 10.6 Å². The van der Waals surface area contributed by atoms with Gasteiger partial charge in [0.1, 0.15) is 5.82 Å². The zero-order chi connectivity index (χ0) is 13.9. The minimum absolute atomic E-state index is 0.156. The third-order valence-corrected chi connectivity index (χ3v) is 3.25. The molecule has 1 aromatic carbocycles. The monoisotopic (exact) mass is 252 g/mol. The molecule has 0 unspecified atom stereocenters. The Morgan fingerprint density at radius 1 is 1.28 bits per heavy atom. The number of halogens is 1. The number of anilines is 1. The van der Waals surface area contributed by atoms with Gasteiger partial charge in [0.15, 0.2) is 0 Å². The number of rotatable bonds is 5. The van der Waals surface area contributed by atoms with Crippen molar-refractivity contribution in [2.45, 2.75) is 40.2 Å². The number of nitrogens with zero attached hydrogens (tertiary/aromatic N) is 1. The van der Waals surface area contributed by atoms with E-state index in [2.05, 4.69) is 18.7 Å². The van der Waals surface area contributed by atoms with Crippen LogP contribution in [0.15, 0.2) is 12.1 Å². The van der Waals surface area contributed by atoms with Gasteiger partial charge in [-0.25, -0.2) is 4.39 Å². The lowest BCUT2D eigenvalue weighted by atomic mass is 10.0. The van der Waals surface area contributed by atoms with Gasteiger partial charge >= 0.3 is 0 Å². The first-order chi connectivity index (χ1) is 8.32. The first-order valence-corrected chi connectivity index (χ1v) is 6.59. The fourth-order valence-corrected chi connectivity index (χ4v) is 1.95. The van der Waals surface area contributed by atoms with Gasteiger partial charge in [-0.2, -0.15) is 0 Å². The summed E-state index contributed by atoms with van der Waals surface area (Å²) in [5.74, 6) is 0.482. The summed E-state index contributed by atoms with van der Waals surface area (Å²) in [6.45, 7) is 9.05. The zero-order valence-corrected chi connectivity index (χ0v) is 12.1. The summed E-state index contributed by atoms with van der Waals surface area (Å²) in [6.07, 6.45) is 1.12. The Hall–Kier alpha value is -1.09. The molecule has 0 saturated carbocycles. The van der Waals surface area contributed by atoms with E-state index in [-0.39, 0.29) is 11.9 Å². The first-order valence-electron chi connectivity index (χ1n) is 6.59. The van der Waals surface area contributed by atoms with E-state index in [1.807, 2.05) is 20.0 Å². The molecule has 2 nitrogen and oxygen atoms in total. The molecule has 0 aromatic heterocycles. The second-order valence-corrected chi connectivity index (χ2v) is 5.55. The summed E-state index contributed by atoms with van der Waals surface area (Å²) < 4.78 is 13.6. The van der Waals surface area contributed by atoms with Gasteiger partial charge in [0.25, 0.3) is 0 Å². The predicted molar refractivity (Wildman–Crippen MR) is 76.5 cm³/mol. The predicted octanol–water partition coefficient (Wildman–Crippen LogP) is 3.64. The van der Waals surface area contributed by atoms with Gasteiger partial charge in [0.2, 0.25) is 0 Å². The molecule has 0 heterocycles. The van der Waals surface area contributed by atoms with E-state index in [1.54, 1.807) is 13.0 Å². The summed E-state index contributed by atoms with van der Waals surface area (Å²) >= 11 is 0. The van der Waals surface area contributed by atoms with Crippen LogP contribution in [0.4, 0.5) is 10.1 Å². The van der Waals surface area contributed by atoms with Crippen molar-refractivity contribution in [1.29, 1.82) is 0 Å². The average Bonchev–Trinajstić information content (AvgIpc) is 2.28. The normalized spacial score (nSPS) is 12.9. The topological polar surface area (TPSA) is 29.3 Å². The van der Waals surface area contributed by atoms with E-state index in [9.17, 15) is 4.39 Å². The standard InChI is InChI=1S/C15H25FN2/c1-10(2)6-7-18(5)15-8-11(3)14(16)9-13(15)12(4)17/h8-10,12H,6-7,17H2,1-5H3/t12-/m0/s1. The molecule has 2 N–H and O–H groups in total. The first kappa shape index (κ1) is 15.0. The fourth-order valence-electron chi connectivity index (χ4n) is 1.95. The fraction of sp³-hybridized carbons (Fsp3) is 0.600. The molecule has 1 atom stereocenters. The molecular weight excluding hydrogens is 227 g/mol. The van der Waals surface area contributed by atoms with Crippen LogP contribution in [0.1, 0.15) is 44.4 Å². The van der Waals surface area contributed by atoms with Crippen LogP contribution in [0.5, 0.6) is 0 Å². The second kappa shape index (κ2) is 6.19. The van der Waals surface area contributed by atoms with Gasteiger partial charge in [-0.05, 0) is 49.4 Å². The molecule has 102 valence electrons. The maximum Gasteiger partial charge on any atom is 0.126 e. The van der Waals surface area contributed by atoms with Crippen molar-refractivity contribution in [3.63, 3.8) is 0 Å². The van der Waals surface area contributed by atoms with Crippen molar-refractivity contribution in [3.8, 4) is 0 Å². The van der Waals surface area contributed by atoms with Crippen LogP contribution >= 0.6 is 0 Å². The molecule has 0 spiro atoms. The van der Waals surface area contributed by atoms with Crippen molar-refractivity contribution in [3.05, 3.63) is 29.1 Å². The molecule has 1 rings (SSSR count). The van der Waals surface area contributed by atoms with Gasteiger partial charge in [-0.3, -0.25) is 0 Å². The van der Waals surface area contributed by atoms with Crippen LogP contribution in [-0.2, 0) is 0 Å². The Bertz CT molecular complexity index is 400. The van der Waals surface area contributed by atoms with E-state index in [0.29, 0.717) is 11.5 Å². The number of hydrogen-bond donors (Lipinski definition) is 1. The number of aryl methyl sites for hydroxylation is 1. The maximum atomic E-state index is 13.6. The minimum Gasteiger partial charge on any atom is -0.374 e. The van der Waals surface area contributed by atoms with Crippen molar-refractivity contribution >= 4 is 5.69 Å². The zero-order valence-electron chi connectivity index (χ0n) is 12.1.